The zero-order valence-electron chi connectivity index (χ0n) is 7.02. The number of hydrogen-bond donors (Lipinski definition) is 1. The van der Waals surface area contributed by atoms with Crippen LogP contribution in [0.15, 0.2) is 10.5 Å². The van der Waals surface area contributed by atoms with Gasteiger partial charge in [0, 0.05) is 22.3 Å². The molecule has 0 radical (unpaired) electrons. The Hall–Kier alpha value is -0.550. The van der Waals surface area contributed by atoms with Gasteiger partial charge in [0.05, 0.1) is 0 Å². The van der Waals surface area contributed by atoms with E-state index in [1.165, 1.54) is 0 Å². The quantitative estimate of drug-likeness (QED) is 0.877. The lowest BCUT2D eigenvalue weighted by Crippen LogP contribution is -2.06. The number of aromatic nitrogens is 1. The van der Waals surface area contributed by atoms with Gasteiger partial charge >= 0.3 is 0 Å². The number of hydrogen-bond acceptors (Lipinski definition) is 2. The zero-order chi connectivity index (χ0) is 10.0. The smallest absolute Gasteiger partial charge is 0.280 e. The summed E-state index contributed by atoms with van der Waals surface area (Å²) in [4.78, 5) is 3.74. The van der Waals surface area contributed by atoms with Crippen LogP contribution in [0.3, 0.4) is 0 Å². The van der Waals surface area contributed by atoms with E-state index in [-0.39, 0.29) is 12.2 Å². The van der Waals surface area contributed by atoms with Crippen LogP contribution in [-0.2, 0) is 6.54 Å². The Morgan fingerprint density at radius 3 is 2.69 bits per heavy atom. The van der Waals surface area contributed by atoms with E-state index in [1.54, 1.807) is 13.0 Å². The van der Waals surface area contributed by atoms with Gasteiger partial charge in [-0.1, -0.05) is 15.9 Å². The average molecular weight is 251 g/mol. The topological polar surface area (TPSA) is 38.9 Å². The van der Waals surface area contributed by atoms with Gasteiger partial charge in [0.25, 0.3) is 6.43 Å². The monoisotopic (exact) mass is 250 g/mol. The van der Waals surface area contributed by atoms with Crippen LogP contribution < -0.4 is 5.73 Å². The van der Waals surface area contributed by atoms with Crippen LogP contribution in [0, 0.1) is 6.92 Å². The predicted octanol–water partition coefficient (Wildman–Crippen LogP) is 2.55. The van der Waals surface area contributed by atoms with Crippen LogP contribution in [-0.4, -0.2) is 4.98 Å². The maximum Gasteiger partial charge on any atom is 0.280 e. The first kappa shape index (κ1) is 10.5. The van der Waals surface area contributed by atoms with Crippen molar-refractivity contribution in [2.24, 2.45) is 5.73 Å². The maximum atomic E-state index is 12.4. The number of alkyl halides is 2. The molecule has 0 aromatic carbocycles. The highest BCUT2D eigenvalue weighted by atomic mass is 79.9. The second kappa shape index (κ2) is 4.11. The summed E-state index contributed by atoms with van der Waals surface area (Å²) in [6, 6.07) is 1.67. The summed E-state index contributed by atoms with van der Waals surface area (Å²) in [7, 11) is 0. The van der Waals surface area contributed by atoms with E-state index < -0.39 is 6.43 Å². The molecular formula is C8H9BrF2N2. The molecule has 5 heteroatoms. The molecule has 0 aliphatic heterocycles. The van der Waals surface area contributed by atoms with Crippen LogP contribution in [0.4, 0.5) is 8.78 Å². The Kier molecular flexibility index (Phi) is 3.33. The van der Waals surface area contributed by atoms with Gasteiger partial charge in [-0.25, -0.2) is 8.78 Å². The third kappa shape index (κ3) is 2.22. The molecule has 1 aromatic rings. The summed E-state index contributed by atoms with van der Waals surface area (Å²) in [6.45, 7) is 1.73. The summed E-state index contributed by atoms with van der Waals surface area (Å²) < 4.78 is 25.5. The fourth-order valence-electron chi connectivity index (χ4n) is 1.07. The van der Waals surface area contributed by atoms with Gasteiger partial charge < -0.3 is 5.73 Å². The molecule has 1 aromatic heterocycles. The second-order valence-electron chi connectivity index (χ2n) is 2.61. The predicted molar refractivity (Wildman–Crippen MR) is 49.5 cm³/mol. The molecule has 0 saturated heterocycles. The van der Waals surface area contributed by atoms with Crippen LogP contribution in [0.1, 0.15) is 23.4 Å². The first-order valence-electron chi connectivity index (χ1n) is 3.70. The number of nitrogens with two attached hydrogens (primary N) is 1. The minimum absolute atomic E-state index is 0.0630. The first-order chi connectivity index (χ1) is 6.06. The van der Waals surface area contributed by atoms with Crippen molar-refractivity contribution < 1.29 is 8.78 Å². The van der Waals surface area contributed by atoms with Gasteiger partial charge in [-0.15, -0.1) is 0 Å². The van der Waals surface area contributed by atoms with E-state index in [0.29, 0.717) is 15.7 Å². The van der Waals surface area contributed by atoms with Crippen molar-refractivity contribution in [3.05, 3.63) is 27.5 Å². The van der Waals surface area contributed by atoms with Crippen molar-refractivity contribution in [2.75, 3.05) is 0 Å². The Balaban J connectivity index is 3.29. The van der Waals surface area contributed by atoms with E-state index in [2.05, 4.69) is 20.9 Å². The third-order valence-electron chi connectivity index (χ3n) is 1.64. The van der Waals surface area contributed by atoms with Crippen LogP contribution in [0.2, 0.25) is 0 Å². The van der Waals surface area contributed by atoms with Crippen LogP contribution in [0.25, 0.3) is 0 Å². The number of halogens is 3. The van der Waals surface area contributed by atoms with Gasteiger partial charge in [-0.2, -0.15) is 0 Å². The van der Waals surface area contributed by atoms with Gasteiger partial charge in [0.1, 0.15) is 5.69 Å². The zero-order valence-corrected chi connectivity index (χ0v) is 8.61. The molecule has 0 fully saturated rings. The molecule has 0 atom stereocenters. The minimum Gasteiger partial charge on any atom is -0.326 e. The van der Waals surface area contributed by atoms with E-state index in [4.69, 9.17) is 5.73 Å². The van der Waals surface area contributed by atoms with Crippen molar-refractivity contribution in [1.29, 1.82) is 0 Å². The Morgan fingerprint density at radius 2 is 2.23 bits per heavy atom. The average Bonchev–Trinajstić information content (AvgIpc) is 2.02. The van der Waals surface area contributed by atoms with E-state index >= 15 is 0 Å². The molecule has 1 rings (SSSR count). The molecule has 1 heterocycles. The van der Waals surface area contributed by atoms with Crippen LogP contribution in [0.5, 0.6) is 0 Å². The highest BCUT2D eigenvalue weighted by Gasteiger charge is 2.16. The molecule has 0 unspecified atom stereocenters. The maximum absolute atomic E-state index is 12.4. The van der Waals surface area contributed by atoms with Crippen molar-refractivity contribution in [3.63, 3.8) is 0 Å². The molecule has 0 aliphatic carbocycles. The van der Waals surface area contributed by atoms with Gasteiger partial charge in [0.15, 0.2) is 0 Å². The SMILES string of the molecule is Cc1cc(Br)c(CN)c(C(F)F)n1. The second-order valence-corrected chi connectivity index (χ2v) is 3.47. The van der Waals surface area contributed by atoms with Crippen molar-refractivity contribution in [2.45, 2.75) is 19.9 Å². The van der Waals surface area contributed by atoms with E-state index in [0.717, 1.165) is 0 Å². The first-order valence-corrected chi connectivity index (χ1v) is 4.49. The van der Waals surface area contributed by atoms with Gasteiger partial charge in [-0.3, -0.25) is 4.98 Å². The highest BCUT2D eigenvalue weighted by Crippen LogP contribution is 2.27. The number of pyridine rings is 1. The number of rotatable bonds is 2. The summed E-state index contributed by atoms with van der Waals surface area (Å²) in [5.74, 6) is 0. The lowest BCUT2D eigenvalue weighted by Gasteiger charge is -2.09. The Morgan fingerprint density at radius 1 is 1.62 bits per heavy atom. The molecule has 72 valence electrons. The number of aryl methyl sites for hydroxylation is 1. The third-order valence-corrected chi connectivity index (χ3v) is 2.35. The summed E-state index contributed by atoms with van der Waals surface area (Å²) >= 11 is 3.17. The highest BCUT2D eigenvalue weighted by molar-refractivity contribution is 9.10. The van der Waals surface area contributed by atoms with Gasteiger partial charge in [0.2, 0.25) is 0 Å². The fraction of sp³-hybridized carbons (Fsp3) is 0.375. The summed E-state index contributed by atoms with van der Waals surface area (Å²) in [6.07, 6.45) is -2.57. The molecule has 2 N–H and O–H groups in total. The van der Waals surface area contributed by atoms with Crippen LogP contribution >= 0.6 is 15.9 Å². The van der Waals surface area contributed by atoms with Gasteiger partial charge in [-0.05, 0) is 13.0 Å². The standard InChI is InChI=1S/C8H9BrF2N2/c1-4-2-6(9)5(3-12)7(13-4)8(10)11/h2,8H,3,12H2,1H3. The number of nitrogens with zero attached hydrogens (tertiary/aromatic N) is 1. The summed E-state index contributed by atoms with van der Waals surface area (Å²) in [5, 5.41) is 0. The molecule has 0 amide bonds. The largest absolute Gasteiger partial charge is 0.326 e. The fourth-order valence-corrected chi connectivity index (χ4v) is 1.76. The molecule has 0 bridgehead atoms. The lowest BCUT2D eigenvalue weighted by molar-refractivity contribution is 0.144. The molecule has 0 spiro atoms. The van der Waals surface area contributed by atoms with Crippen molar-refractivity contribution in [1.82, 2.24) is 4.98 Å². The molecule has 13 heavy (non-hydrogen) atoms. The molecular weight excluding hydrogens is 242 g/mol. The summed E-state index contributed by atoms with van der Waals surface area (Å²) in [5.41, 5.74) is 6.04. The molecule has 2 nitrogen and oxygen atoms in total. The lowest BCUT2D eigenvalue weighted by atomic mass is 10.2. The van der Waals surface area contributed by atoms with Crippen molar-refractivity contribution >= 4 is 15.9 Å². The van der Waals surface area contributed by atoms with Crippen molar-refractivity contribution in [3.8, 4) is 0 Å². The Labute approximate surface area is 83.3 Å². The van der Waals surface area contributed by atoms with E-state index in [9.17, 15) is 8.78 Å². The molecule has 0 aliphatic rings. The minimum atomic E-state index is -2.57. The Bertz CT molecular complexity index is 315. The molecule has 0 saturated carbocycles. The van der Waals surface area contributed by atoms with E-state index in [1.807, 2.05) is 0 Å². The normalized spacial score (nSPS) is 10.9.